The minimum Gasteiger partial charge on any atom is -0.387 e. The Morgan fingerprint density at radius 2 is 2.14 bits per heavy atom. The molecule has 2 atom stereocenters. The highest BCUT2D eigenvalue weighted by Crippen LogP contribution is 2.34. The second-order valence-electron chi connectivity index (χ2n) is 4.44. The summed E-state index contributed by atoms with van der Waals surface area (Å²) in [4.78, 5) is 0. The number of hydrogen-bond donors (Lipinski definition) is 1. The Balaban J connectivity index is 2.53. The van der Waals surface area contributed by atoms with Crippen LogP contribution >= 0.6 is 0 Å². The van der Waals surface area contributed by atoms with Crippen LogP contribution in [0.4, 0.5) is 0 Å². The number of aliphatic hydroxyl groups is 1. The van der Waals surface area contributed by atoms with Crippen LogP contribution in [0.2, 0.25) is 0 Å². The van der Waals surface area contributed by atoms with E-state index in [1.54, 1.807) is 0 Å². The van der Waals surface area contributed by atoms with E-state index in [2.05, 4.69) is 13.8 Å². The summed E-state index contributed by atoms with van der Waals surface area (Å²) in [5.74, 6) is 0. The molecule has 1 rings (SSSR count). The van der Waals surface area contributed by atoms with Crippen molar-refractivity contribution in [3.63, 3.8) is 0 Å². The summed E-state index contributed by atoms with van der Waals surface area (Å²) < 4.78 is 11.0. The molecular formula is C11H22O3. The lowest BCUT2D eigenvalue weighted by molar-refractivity contribution is -0.173. The van der Waals surface area contributed by atoms with Crippen LogP contribution in [0.5, 0.6) is 0 Å². The monoisotopic (exact) mass is 202 g/mol. The molecule has 2 unspecified atom stereocenters. The van der Waals surface area contributed by atoms with Gasteiger partial charge in [-0.3, -0.25) is 0 Å². The maximum Gasteiger partial charge on any atom is 0.0929 e. The van der Waals surface area contributed by atoms with Gasteiger partial charge in [-0.15, -0.1) is 0 Å². The summed E-state index contributed by atoms with van der Waals surface area (Å²) in [6.07, 6.45) is 2.29. The standard InChI is InChI=1S/C11H22O3/c1-4-10(3)8-11(12,6-7-14-10)9-13-5-2/h12H,4-9H2,1-3H3. The quantitative estimate of drug-likeness (QED) is 0.754. The topological polar surface area (TPSA) is 38.7 Å². The van der Waals surface area contributed by atoms with Crippen molar-refractivity contribution in [1.29, 1.82) is 0 Å². The van der Waals surface area contributed by atoms with Crippen molar-refractivity contribution in [3.8, 4) is 0 Å². The van der Waals surface area contributed by atoms with E-state index in [1.165, 1.54) is 0 Å². The zero-order valence-electron chi connectivity index (χ0n) is 9.51. The van der Waals surface area contributed by atoms with Gasteiger partial charge in [-0.2, -0.15) is 0 Å². The molecule has 1 aliphatic rings. The zero-order valence-corrected chi connectivity index (χ0v) is 9.51. The van der Waals surface area contributed by atoms with Crippen LogP contribution < -0.4 is 0 Å². The Kier molecular flexibility index (Phi) is 3.93. The molecule has 3 heteroatoms. The molecule has 1 N–H and O–H groups in total. The van der Waals surface area contributed by atoms with Gasteiger partial charge in [0, 0.05) is 19.4 Å². The summed E-state index contributed by atoms with van der Waals surface area (Å²) >= 11 is 0. The lowest BCUT2D eigenvalue weighted by atomic mass is 9.82. The zero-order chi connectivity index (χ0) is 10.7. The van der Waals surface area contributed by atoms with Gasteiger partial charge in [-0.1, -0.05) is 6.92 Å². The predicted molar refractivity (Wildman–Crippen MR) is 55.3 cm³/mol. The van der Waals surface area contributed by atoms with Crippen molar-refractivity contribution in [1.82, 2.24) is 0 Å². The number of rotatable bonds is 4. The van der Waals surface area contributed by atoms with Gasteiger partial charge in [0.25, 0.3) is 0 Å². The second kappa shape index (κ2) is 4.60. The fourth-order valence-electron chi connectivity index (χ4n) is 1.97. The van der Waals surface area contributed by atoms with Crippen LogP contribution in [0.1, 0.15) is 40.0 Å². The first-order chi connectivity index (χ1) is 6.54. The first kappa shape index (κ1) is 12.0. The molecule has 1 fully saturated rings. The molecular weight excluding hydrogens is 180 g/mol. The number of ether oxygens (including phenoxy) is 2. The summed E-state index contributed by atoms with van der Waals surface area (Å²) in [6.45, 7) is 7.82. The Hall–Kier alpha value is -0.120. The van der Waals surface area contributed by atoms with Gasteiger partial charge >= 0.3 is 0 Å². The van der Waals surface area contributed by atoms with E-state index >= 15 is 0 Å². The van der Waals surface area contributed by atoms with Crippen molar-refractivity contribution < 1.29 is 14.6 Å². The van der Waals surface area contributed by atoms with E-state index < -0.39 is 5.60 Å². The van der Waals surface area contributed by atoms with E-state index in [4.69, 9.17) is 9.47 Å². The molecule has 3 nitrogen and oxygen atoms in total. The molecule has 0 aromatic heterocycles. The maximum absolute atomic E-state index is 10.3. The molecule has 84 valence electrons. The first-order valence-corrected chi connectivity index (χ1v) is 5.48. The van der Waals surface area contributed by atoms with Crippen LogP contribution in [0.25, 0.3) is 0 Å². The fraction of sp³-hybridized carbons (Fsp3) is 1.00. The minimum absolute atomic E-state index is 0.176. The molecule has 0 saturated carbocycles. The predicted octanol–water partition coefficient (Wildman–Crippen LogP) is 1.73. The normalized spacial score (nSPS) is 38.6. The SMILES string of the molecule is CCOCC1(O)CCOC(C)(CC)C1. The first-order valence-electron chi connectivity index (χ1n) is 5.48. The average Bonchev–Trinajstić information content (AvgIpc) is 2.15. The lowest BCUT2D eigenvalue weighted by Gasteiger charge is -2.42. The van der Waals surface area contributed by atoms with E-state index in [9.17, 15) is 5.11 Å². The molecule has 14 heavy (non-hydrogen) atoms. The molecule has 0 radical (unpaired) electrons. The highest BCUT2D eigenvalue weighted by Gasteiger charge is 2.41. The average molecular weight is 202 g/mol. The smallest absolute Gasteiger partial charge is 0.0929 e. The highest BCUT2D eigenvalue weighted by atomic mass is 16.5. The fourth-order valence-corrected chi connectivity index (χ4v) is 1.97. The van der Waals surface area contributed by atoms with E-state index in [-0.39, 0.29) is 5.60 Å². The van der Waals surface area contributed by atoms with Crippen molar-refractivity contribution >= 4 is 0 Å². The maximum atomic E-state index is 10.3. The Morgan fingerprint density at radius 1 is 1.43 bits per heavy atom. The van der Waals surface area contributed by atoms with Crippen LogP contribution in [0, 0.1) is 0 Å². The number of hydrogen-bond acceptors (Lipinski definition) is 3. The molecule has 0 amide bonds. The van der Waals surface area contributed by atoms with Crippen molar-refractivity contribution in [2.45, 2.75) is 51.2 Å². The Labute approximate surface area is 86.4 Å². The van der Waals surface area contributed by atoms with Crippen LogP contribution in [0.15, 0.2) is 0 Å². The van der Waals surface area contributed by atoms with Crippen LogP contribution in [-0.2, 0) is 9.47 Å². The summed E-state index contributed by atoms with van der Waals surface area (Å²) in [5.41, 5.74) is -0.858. The van der Waals surface area contributed by atoms with Crippen molar-refractivity contribution in [2.24, 2.45) is 0 Å². The lowest BCUT2D eigenvalue weighted by Crippen LogP contribution is -2.49. The third-order valence-electron chi connectivity index (χ3n) is 3.04. The molecule has 1 aliphatic heterocycles. The Morgan fingerprint density at radius 3 is 2.71 bits per heavy atom. The molecule has 0 aromatic carbocycles. The Bertz CT molecular complexity index is 183. The molecule has 0 bridgehead atoms. The van der Waals surface area contributed by atoms with Gasteiger partial charge in [0.05, 0.1) is 24.4 Å². The third kappa shape index (κ3) is 2.94. The minimum atomic E-state index is -0.682. The van der Waals surface area contributed by atoms with Crippen LogP contribution in [-0.4, -0.2) is 36.1 Å². The van der Waals surface area contributed by atoms with Gasteiger partial charge in [0.15, 0.2) is 0 Å². The van der Waals surface area contributed by atoms with Gasteiger partial charge in [-0.05, 0) is 20.3 Å². The molecule has 1 heterocycles. The van der Waals surface area contributed by atoms with E-state index in [0.29, 0.717) is 32.7 Å². The molecule has 0 spiro atoms. The molecule has 0 aromatic rings. The van der Waals surface area contributed by atoms with Gasteiger partial charge in [0.2, 0.25) is 0 Å². The highest BCUT2D eigenvalue weighted by molar-refractivity contribution is 4.92. The van der Waals surface area contributed by atoms with Crippen molar-refractivity contribution in [2.75, 3.05) is 19.8 Å². The molecule has 0 aliphatic carbocycles. The van der Waals surface area contributed by atoms with Crippen molar-refractivity contribution in [3.05, 3.63) is 0 Å². The van der Waals surface area contributed by atoms with Gasteiger partial charge in [0.1, 0.15) is 0 Å². The summed E-state index contributed by atoms with van der Waals surface area (Å²) in [5, 5.41) is 10.3. The molecule has 1 saturated heterocycles. The summed E-state index contributed by atoms with van der Waals surface area (Å²) in [6, 6.07) is 0. The summed E-state index contributed by atoms with van der Waals surface area (Å²) in [7, 11) is 0. The van der Waals surface area contributed by atoms with Gasteiger partial charge in [-0.25, -0.2) is 0 Å². The largest absolute Gasteiger partial charge is 0.387 e. The van der Waals surface area contributed by atoms with Crippen LogP contribution in [0.3, 0.4) is 0 Å². The van der Waals surface area contributed by atoms with E-state index in [0.717, 1.165) is 6.42 Å². The van der Waals surface area contributed by atoms with Gasteiger partial charge < -0.3 is 14.6 Å². The van der Waals surface area contributed by atoms with E-state index in [1.807, 2.05) is 6.92 Å². The third-order valence-corrected chi connectivity index (χ3v) is 3.04. The second-order valence-corrected chi connectivity index (χ2v) is 4.44.